The van der Waals surface area contributed by atoms with Gasteiger partial charge in [-0.05, 0) is 43.5 Å². The summed E-state index contributed by atoms with van der Waals surface area (Å²) in [6.07, 6.45) is 7.55. The highest BCUT2D eigenvalue weighted by Crippen LogP contribution is 2.57. The van der Waals surface area contributed by atoms with Crippen LogP contribution in [0, 0.1) is 6.92 Å². The van der Waals surface area contributed by atoms with Crippen molar-refractivity contribution in [1.29, 1.82) is 0 Å². The Bertz CT molecular complexity index is 1210. The molecular weight excluding hydrogens is 418 g/mol. The van der Waals surface area contributed by atoms with E-state index in [0.29, 0.717) is 18.1 Å². The molecule has 5 rings (SSSR count). The van der Waals surface area contributed by atoms with Crippen molar-refractivity contribution in [3.05, 3.63) is 59.5 Å². The highest BCUT2D eigenvalue weighted by atomic mass is 16.5. The number of carbonyl (C=O) groups excluding carboxylic acids is 1. The van der Waals surface area contributed by atoms with Crippen LogP contribution in [0.25, 0.3) is 11.3 Å². The van der Waals surface area contributed by atoms with Crippen molar-refractivity contribution < 1.29 is 14.6 Å². The fourth-order valence-electron chi connectivity index (χ4n) is 4.65. The van der Waals surface area contributed by atoms with Crippen molar-refractivity contribution in [2.24, 2.45) is 0 Å². The molecule has 1 amide bonds. The summed E-state index contributed by atoms with van der Waals surface area (Å²) in [4.78, 5) is 30.3. The van der Waals surface area contributed by atoms with E-state index in [1.54, 1.807) is 32.7 Å². The Hall–Kier alpha value is -3.52. The van der Waals surface area contributed by atoms with Crippen LogP contribution < -0.4 is 9.64 Å². The van der Waals surface area contributed by atoms with Gasteiger partial charge in [0.05, 0.1) is 19.4 Å². The van der Waals surface area contributed by atoms with Crippen molar-refractivity contribution >= 4 is 17.5 Å². The average Bonchev–Trinajstić information content (AvgIpc) is 3.55. The fraction of sp³-hybridized carbons (Fsp3) is 0.360. The van der Waals surface area contributed by atoms with Crippen LogP contribution in [0.2, 0.25) is 0 Å². The van der Waals surface area contributed by atoms with Crippen LogP contribution in [0.3, 0.4) is 0 Å². The van der Waals surface area contributed by atoms with Crippen LogP contribution >= 0.6 is 0 Å². The number of carbonyl (C=O) groups is 1. The predicted molar refractivity (Wildman–Crippen MR) is 125 cm³/mol. The van der Waals surface area contributed by atoms with Crippen molar-refractivity contribution in [2.75, 3.05) is 38.8 Å². The molecule has 2 aromatic heterocycles. The number of pyridine rings is 1. The van der Waals surface area contributed by atoms with Gasteiger partial charge in [0.15, 0.2) is 0 Å². The average molecular weight is 446 g/mol. The third kappa shape index (κ3) is 3.60. The van der Waals surface area contributed by atoms with Crippen LogP contribution in [0.4, 0.5) is 11.6 Å². The minimum absolute atomic E-state index is 0.0653. The molecule has 0 atom stereocenters. The van der Waals surface area contributed by atoms with Gasteiger partial charge in [-0.3, -0.25) is 9.78 Å². The number of rotatable bonds is 6. The van der Waals surface area contributed by atoms with E-state index in [1.165, 1.54) is 10.5 Å². The smallest absolute Gasteiger partial charge is 0.253 e. The number of amides is 1. The molecular formula is C25H27N5O3. The number of anilines is 2. The molecule has 1 aliphatic carbocycles. The maximum atomic E-state index is 12.8. The van der Waals surface area contributed by atoms with Crippen LogP contribution in [-0.2, 0) is 5.41 Å². The Morgan fingerprint density at radius 2 is 1.97 bits per heavy atom. The first-order chi connectivity index (χ1) is 16.0. The number of methoxy groups -OCH3 is 1. The molecule has 3 aromatic rings. The van der Waals surface area contributed by atoms with Crippen LogP contribution in [-0.4, -0.2) is 64.7 Å². The molecule has 0 bridgehead atoms. The molecule has 1 saturated carbocycles. The SMILES string of the molecule is COc1ccnc(-c2cnc(N3CC4(CC4)c4ccc(C(=O)N(C)CCO)cc43)nc2)c1C. The Morgan fingerprint density at radius 1 is 1.21 bits per heavy atom. The van der Waals surface area contributed by atoms with Crippen molar-refractivity contribution in [1.82, 2.24) is 19.9 Å². The van der Waals surface area contributed by atoms with Gasteiger partial charge in [0, 0.05) is 66.5 Å². The van der Waals surface area contributed by atoms with E-state index >= 15 is 0 Å². The van der Waals surface area contributed by atoms with E-state index in [4.69, 9.17) is 4.74 Å². The lowest BCUT2D eigenvalue weighted by molar-refractivity contribution is 0.0767. The minimum Gasteiger partial charge on any atom is -0.496 e. The molecule has 33 heavy (non-hydrogen) atoms. The molecule has 170 valence electrons. The summed E-state index contributed by atoms with van der Waals surface area (Å²) in [5, 5.41) is 9.18. The van der Waals surface area contributed by atoms with E-state index < -0.39 is 0 Å². The van der Waals surface area contributed by atoms with Crippen LogP contribution in [0.5, 0.6) is 5.75 Å². The lowest BCUT2D eigenvalue weighted by atomic mass is 9.97. The standard InChI is InChI=1S/C25H27N5O3/c1-16-21(33-3)6-9-26-22(16)18-13-27-24(28-14-18)30-15-25(7-8-25)19-5-4-17(12-20(19)30)23(32)29(2)10-11-31/h4-6,9,12-14,31H,7-8,10-11,15H2,1-3H3. The van der Waals surface area contributed by atoms with Gasteiger partial charge >= 0.3 is 0 Å². The summed E-state index contributed by atoms with van der Waals surface area (Å²) in [6, 6.07) is 7.73. The molecule has 0 unspecified atom stereocenters. The maximum Gasteiger partial charge on any atom is 0.253 e. The number of nitrogens with zero attached hydrogens (tertiary/aromatic N) is 5. The Labute approximate surface area is 192 Å². The van der Waals surface area contributed by atoms with E-state index in [-0.39, 0.29) is 17.9 Å². The Kier molecular flexibility index (Phi) is 5.25. The van der Waals surface area contributed by atoms with Gasteiger partial charge in [0.25, 0.3) is 5.91 Å². The van der Waals surface area contributed by atoms with E-state index in [0.717, 1.165) is 47.6 Å². The number of ether oxygens (including phenoxy) is 1. The van der Waals surface area contributed by atoms with Gasteiger partial charge in [0.1, 0.15) is 5.75 Å². The van der Waals surface area contributed by atoms with Gasteiger partial charge in [-0.1, -0.05) is 6.07 Å². The maximum absolute atomic E-state index is 12.8. The number of aliphatic hydroxyl groups is 1. The van der Waals surface area contributed by atoms with Gasteiger partial charge in [-0.15, -0.1) is 0 Å². The number of fused-ring (bicyclic) bond motifs is 2. The Balaban J connectivity index is 1.48. The molecule has 1 aliphatic heterocycles. The highest BCUT2D eigenvalue weighted by Gasteiger charge is 2.52. The number of likely N-dealkylation sites (N-methyl/N-ethyl adjacent to an activating group) is 1. The first kappa shape index (κ1) is 21.3. The molecule has 0 radical (unpaired) electrons. The van der Waals surface area contributed by atoms with E-state index in [9.17, 15) is 9.90 Å². The third-order valence-electron chi connectivity index (χ3n) is 6.73. The molecule has 8 heteroatoms. The number of hydrogen-bond donors (Lipinski definition) is 1. The number of aromatic nitrogens is 3. The third-order valence-corrected chi connectivity index (χ3v) is 6.73. The van der Waals surface area contributed by atoms with E-state index in [1.807, 2.05) is 25.1 Å². The zero-order chi connectivity index (χ0) is 23.2. The molecule has 1 N–H and O–H groups in total. The van der Waals surface area contributed by atoms with Crippen molar-refractivity contribution in [3.63, 3.8) is 0 Å². The normalized spacial score (nSPS) is 15.5. The second-order valence-corrected chi connectivity index (χ2v) is 8.81. The summed E-state index contributed by atoms with van der Waals surface area (Å²) >= 11 is 0. The summed E-state index contributed by atoms with van der Waals surface area (Å²) < 4.78 is 5.41. The number of benzene rings is 1. The van der Waals surface area contributed by atoms with Crippen LogP contribution in [0.15, 0.2) is 42.9 Å². The molecule has 1 fully saturated rings. The second-order valence-electron chi connectivity index (χ2n) is 8.81. The van der Waals surface area contributed by atoms with Crippen molar-refractivity contribution in [3.8, 4) is 17.0 Å². The summed E-state index contributed by atoms with van der Waals surface area (Å²) in [5.41, 5.74) is 5.52. The summed E-state index contributed by atoms with van der Waals surface area (Å²) in [6.45, 7) is 3.01. The molecule has 1 aromatic carbocycles. The van der Waals surface area contributed by atoms with Crippen LogP contribution in [0.1, 0.15) is 34.3 Å². The van der Waals surface area contributed by atoms with E-state index in [2.05, 4.69) is 25.9 Å². The first-order valence-corrected chi connectivity index (χ1v) is 11.1. The minimum atomic E-state index is -0.112. The predicted octanol–water partition coefficient (Wildman–Crippen LogP) is 3.10. The zero-order valence-corrected chi connectivity index (χ0v) is 19.1. The lowest BCUT2D eigenvalue weighted by Gasteiger charge is -2.20. The van der Waals surface area contributed by atoms with Gasteiger partial charge < -0.3 is 19.6 Å². The highest BCUT2D eigenvalue weighted by molar-refractivity contribution is 5.96. The molecule has 8 nitrogen and oxygen atoms in total. The van der Waals surface area contributed by atoms with Gasteiger partial charge in [-0.2, -0.15) is 0 Å². The fourth-order valence-corrected chi connectivity index (χ4v) is 4.65. The van der Waals surface area contributed by atoms with Gasteiger partial charge in [-0.25, -0.2) is 9.97 Å². The number of hydrogen-bond acceptors (Lipinski definition) is 7. The molecule has 0 saturated heterocycles. The van der Waals surface area contributed by atoms with Gasteiger partial charge in [0.2, 0.25) is 5.95 Å². The summed E-state index contributed by atoms with van der Waals surface area (Å²) in [7, 11) is 3.34. The topological polar surface area (TPSA) is 91.7 Å². The first-order valence-electron chi connectivity index (χ1n) is 11.1. The number of aliphatic hydroxyl groups excluding tert-OH is 1. The second kappa shape index (κ2) is 8.12. The molecule has 2 aliphatic rings. The summed E-state index contributed by atoms with van der Waals surface area (Å²) in [5.74, 6) is 1.27. The Morgan fingerprint density at radius 3 is 2.64 bits per heavy atom. The lowest BCUT2D eigenvalue weighted by Crippen LogP contribution is -2.29. The monoisotopic (exact) mass is 445 g/mol. The zero-order valence-electron chi connectivity index (χ0n) is 19.1. The quantitative estimate of drug-likeness (QED) is 0.623. The molecule has 3 heterocycles. The van der Waals surface area contributed by atoms with Crippen molar-refractivity contribution in [2.45, 2.75) is 25.2 Å². The largest absolute Gasteiger partial charge is 0.496 e. The molecule has 1 spiro atoms.